The van der Waals surface area contributed by atoms with Gasteiger partial charge in [0.25, 0.3) is 5.91 Å². The fourth-order valence-corrected chi connectivity index (χ4v) is 3.07. The summed E-state index contributed by atoms with van der Waals surface area (Å²) in [6.45, 7) is 0.388. The third kappa shape index (κ3) is 5.21. The second kappa shape index (κ2) is 8.87. The standard InChI is InChI=1S/C18H14BrIN2O3/c1-24-16-8-12(6-13(9-21)18(22)23)7-15(20)17(16)25-10-11-2-4-14(19)5-3-11/h2-8H,10H2,1H3,(H2,22,23)/b13-6+. The van der Waals surface area contributed by atoms with Crippen molar-refractivity contribution in [2.75, 3.05) is 7.11 Å². The summed E-state index contributed by atoms with van der Waals surface area (Å²) in [6.07, 6.45) is 1.42. The average molecular weight is 513 g/mol. The fourth-order valence-electron chi connectivity index (χ4n) is 2.02. The van der Waals surface area contributed by atoms with E-state index in [0.29, 0.717) is 23.7 Å². The van der Waals surface area contributed by atoms with Gasteiger partial charge in [-0.05, 0) is 64.1 Å². The van der Waals surface area contributed by atoms with E-state index in [4.69, 9.17) is 20.5 Å². The van der Waals surface area contributed by atoms with Crippen LogP contribution in [-0.4, -0.2) is 13.0 Å². The minimum Gasteiger partial charge on any atom is -0.493 e. The maximum absolute atomic E-state index is 11.2. The summed E-state index contributed by atoms with van der Waals surface area (Å²) >= 11 is 5.51. The number of rotatable bonds is 6. The van der Waals surface area contributed by atoms with Crippen LogP contribution in [0.15, 0.2) is 46.4 Å². The third-order valence-electron chi connectivity index (χ3n) is 3.25. The molecule has 0 radical (unpaired) electrons. The lowest BCUT2D eigenvalue weighted by Crippen LogP contribution is -2.12. The van der Waals surface area contributed by atoms with Crippen LogP contribution in [0, 0.1) is 14.9 Å². The molecule has 0 fully saturated rings. The van der Waals surface area contributed by atoms with E-state index in [1.807, 2.05) is 24.3 Å². The Kier molecular flexibility index (Phi) is 6.84. The summed E-state index contributed by atoms with van der Waals surface area (Å²) < 4.78 is 13.1. The lowest BCUT2D eigenvalue weighted by molar-refractivity contribution is -0.114. The van der Waals surface area contributed by atoms with Gasteiger partial charge in [0.2, 0.25) is 0 Å². The molecule has 7 heteroatoms. The Labute approximate surface area is 167 Å². The van der Waals surface area contributed by atoms with Gasteiger partial charge in [-0.1, -0.05) is 28.1 Å². The Morgan fingerprint density at radius 2 is 2.04 bits per heavy atom. The lowest BCUT2D eigenvalue weighted by atomic mass is 10.1. The summed E-state index contributed by atoms with van der Waals surface area (Å²) in [5, 5.41) is 8.96. The number of methoxy groups -OCH3 is 1. The Hall–Kier alpha value is -2.05. The first kappa shape index (κ1) is 19.3. The molecule has 0 spiro atoms. The summed E-state index contributed by atoms with van der Waals surface area (Å²) in [6, 6.07) is 13.1. The van der Waals surface area contributed by atoms with Crippen LogP contribution in [0.3, 0.4) is 0 Å². The zero-order valence-electron chi connectivity index (χ0n) is 13.3. The first-order valence-electron chi connectivity index (χ1n) is 7.11. The van der Waals surface area contributed by atoms with E-state index >= 15 is 0 Å². The van der Waals surface area contributed by atoms with Crippen LogP contribution in [0.5, 0.6) is 11.5 Å². The van der Waals surface area contributed by atoms with Crippen LogP contribution >= 0.6 is 38.5 Å². The van der Waals surface area contributed by atoms with Crippen molar-refractivity contribution in [1.29, 1.82) is 5.26 Å². The van der Waals surface area contributed by atoms with Gasteiger partial charge < -0.3 is 15.2 Å². The smallest absolute Gasteiger partial charge is 0.259 e. The molecule has 0 heterocycles. The van der Waals surface area contributed by atoms with Gasteiger partial charge in [0.1, 0.15) is 18.2 Å². The molecule has 2 aromatic carbocycles. The van der Waals surface area contributed by atoms with E-state index < -0.39 is 5.91 Å². The molecule has 0 aliphatic carbocycles. The van der Waals surface area contributed by atoms with Crippen molar-refractivity contribution in [1.82, 2.24) is 0 Å². The molecular weight excluding hydrogens is 499 g/mol. The van der Waals surface area contributed by atoms with E-state index in [1.54, 1.807) is 18.2 Å². The molecule has 2 rings (SSSR count). The molecule has 0 unspecified atom stereocenters. The van der Waals surface area contributed by atoms with Crippen LogP contribution in [-0.2, 0) is 11.4 Å². The molecule has 0 bridgehead atoms. The summed E-state index contributed by atoms with van der Waals surface area (Å²) in [7, 11) is 1.53. The molecule has 25 heavy (non-hydrogen) atoms. The van der Waals surface area contributed by atoms with E-state index in [-0.39, 0.29) is 5.57 Å². The highest BCUT2D eigenvalue weighted by atomic mass is 127. The van der Waals surface area contributed by atoms with Gasteiger partial charge in [0.15, 0.2) is 11.5 Å². The minimum absolute atomic E-state index is 0.124. The number of hydrogen-bond acceptors (Lipinski definition) is 4. The highest BCUT2D eigenvalue weighted by Gasteiger charge is 2.13. The van der Waals surface area contributed by atoms with Crippen LogP contribution in [0.25, 0.3) is 6.08 Å². The van der Waals surface area contributed by atoms with Gasteiger partial charge in [-0.3, -0.25) is 4.79 Å². The number of benzene rings is 2. The maximum Gasteiger partial charge on any atom is 0.259 e. The normalized spacial score (nSPS) is 10.9. The third-order valence-corrected chi connectivity index (χ3v) is 4.58. The predicted molar refractivity (Wildman–Crippen MR) is 107 cm³/mol. The number of carbonyl (C=O) groups excluding carboxylic acids is 1. The molecule has 128 valence electrons. The number of carbonyl (C=O) groups is 1. The van der Waals surface area contributed by atoms with Crippen LogP contribution < -0.4 is 15.2 Å². The first-order valence-corrected chi connectivity index (χ1v) is 8.98. The van der Waals surface area contributed by atoms with Crippen molar-refractivity contribution in [2.24, 2.45) is 5.73 Å². The predicted octanol–water partition coefficient (Wildman–Crippen LogP) is 4.03. The van der Waals surface area contributed by atoms with Gasteiger partial charge >= 0.3 is 0 Å². The monoisotopic (exact) mass is 512 g/mol. The number of primary amides is 1. The summed E-state index contributed by atoms with van der Waals surface area (Å²) in [5.41, 5.74) is 6.69. The molecule has 0 aliphatic heterocycles. The molecule has 0 saturated heterocycles. The van der Waals surface area contributed by atoms with Crippen molar-refractivity contribution in [3.63, 3.8) is 0 Å². The molecular formula is C18H14BrIN2O3. The van der Waals surface area contributed by atoms with Crippen molar-refractivity contribution in [3.05, 3.63) is 61.1 Å². The van der Waals surface area contributed by atoms with Crippen molar-refractivity contribution >= 4 is 50.5 Å². The van der Waals surface area contributed by atoms with Gasteiger partial charge in [-0.25, -0.2) is 0 Å². The quantitative estimate of drug-likeness (QED) is 0.359. The number of halogens is 2. The fraction of sp³-hybridized carbons (Fsp3) is 0.111. The maximum atomic E-state index is 11.2. The zero-order valence-corrected chi connectivity index (χ0v) is 17.0. The number of nitrogens with two attached hydrogens (primary N) is 1. The van der Waals surface area contributed by atoms with Gasteiger partial charge in [-0.15, -0.1) is 0 Å². The molecule has 2 N–H and O–H groups in total. The number of nitrogens with zero attached hydrogens (tertiary/aromatic N) is 1. The molecule has 0 atom stereocenters. The summed E-state index contributed by atoms with van der Waals surface area (Å²) in [5.74, 6) is 0.338. The largest absolute Gasteiger partial charge is 0.493 e. The van der Waals surface area contributed by atoms with Crippen LogP contribution in [0.2, 0.25) is 0 Å². The van der Waals surface area contributed by atoms with Crippen molar-refractivity contribution < 1.29 is 14.3 Å². The second-order valence-electron chi connectivity index (χ2n) is 4.98. The lowest BCUT2D eigenvalue weighted by Gasteiger charge is -2.14. The first-order chi connectivity index (χ1) is 11.9. The Morgan fingerprint density at radius 1 is 1.36 bits per heavy atom. The number of ether oxygens (including phenoxy) is 2. The molecule has 2 aromatic rings. The van der Waals surface area contributed by atoms with E-state index in [2.05, 4.69) is 38.5 Å². The van der Waals surface area contributed by atoms with Gasteiger partial charge in [-0.2, -0.15) is 5.26 Å². The Balaban J connectivity index is 2.29. The Bertz CT molecular complexity index is 858. The Morgan fingerprint density at radius 3 is 2.60 bits per heavy atom. The molecule has 1 amide bonds. The van der Waals surface area contributed by atoms with Crippen molar-refractivity contribution in [3.8, 4) is 17.6 Å². The molecule has 5 nitrogen and oxygen atoms in total. The van der Waals surface area contributed by atoms with Crippen LogP contribution in [0.1, 0.15) is 11.1 Å². The molecule has 0 saturated carbocycles. The zero-order chi connectivity index (χ0) is 18.4. The van der Waals surface area contributed by atoms with Gasteiger partial charge in [0, 0.05) is 4.47 Å². The second-order valence-corrected chi connectivity index (χ2v) is 7.06. The summed E-state index contributed by atoms with van der Waals surface area (Å²) in [4.78, 5) is 11.2. The average Bonchev–Trinajstić information content (AvgIpc) is 2.59. The SMILES string of the molecule is COc1cc(/C=C(\C#N)C(N)=O)cc(I)c1OCc1ccc(Br)cc1. The van der Waals surface area contributed by atoms with Crippen molar-refractivity contribution in [2.45, 2.75) is 6.61 Å². The number of hydrogen-bond donors (Lipinski definition) is 1. The molecule has 0 aromatic heterocycles. The van der Waals surface area contributed by atoms with E-state index in [1.165, 1.54) is 13.2 Å². The minimum atomic E-state index is -0.771. The topological polar surface area (TPSA) is 85.3 Å². The number of amides is 1. The molecule has 0 aliphatic rings. The van der Waals surface area contributed by atoms with Crippen LogP contribution in [0.4, 0.5) is 0 Å². The highest BCUT2D eigenvalue weighted by molar-refractivity contribution is 14.1. The van der Waals surface area contributed by atoms with E-state index in [0.717, 1.165) is 13.6 Å². The highest BCUT2D eigenvalue weighted by Crippen LogP contribution is 2.35. The number of nitriles is 1. The van der Waals surface area contributed by atoms with E-state index in [9.17, 15) is 4.79 Å². The van der Waals surface area contributed by atoms with Gasteiger partial charge in [0.05, 0.1) is 10.7 Å².